The van der Waals surface area contributed by atoms with Crippen LogP contribution in [0.15, 0.2) is 0 Å². The third kappa shape index (κ3) is 2.97. The van der Waals surface area contributed by atoms with Crippen LogP contribution in [-0.4, -0.2) is 17.0 Å². The van der Waals surface area contributed by atoms with Crippen LogP contribution in [0.1, 0.15) is 58.3 Å². The highest BCUT2D eigenvalue weighted by molar-refractivity contribution is 9.09. The normalized spacial score (nSPS) is 38.4. The van der Waals surface area contributed by atoms with Crippen LogP contribution in [0.25, 0.3) is 0 Å². The van der Waals surface area contributed by atoms with Gasteiger partial charge >= 0.3 is 0 Å². The molecule has 0 N–H and O–H groups in total. The van der Waals surface area contributed by atoms with Crippen molar-refractivity contribution in [3.8, 4) is 0 Å². The van der Waals surface area contributed by atoms with Crippen molar-refractivity contribution in [2.75, 3.05) is 5.33 Å². The van der Waals surface area contributed by atoms with E-state index < -0.39 is 0 Å². The zero-order chi connectivity index (χ0) is 10.7. The van der Waals surface area contributed by atoms with E-state index in [9.17, 15) is 0 Å². The van der Waals surface area contributed by atoms with Gasteiger partial charge in [0.1, 0.15) is 0 Å². The highest BCUT2D eigenvalue weighted by Gasteiger charge is 2.37. The lowest BCUT2D eigenvalue weighted by molar-refractivity contribution is -0.104. The molecule has 0 heterocycles. The molecule has 2 unspecified atom stereocenters. The molecule has 0 spiro atoms. The Morgan fingerprint density at radius 1 is 1.20 bits per heavy atom. The van der Waals surface area contributed by atoms with Crippen LogP contribution in [0.5, 0.6) is 0 Å². The van der Waals surface area contributed by atoms with Gasteiger partial charge in [-0.1, -0.05) is 48.5 Å². The minimum Gasteiger partial charge on any atom is -0.371 e. The molecule has 0 aromatic rings. The van der Waals surface area contributed by atoms with Crippen molar-refractivity contribution in [1.29, 1.82) is 0 Å². The summed E-state index contributed by atoms with van der Waals surface area (Å²) in [6, 6.07) is 0. The third-order valence-electron chi connectivity index (χ3n) is 4.01. The second kappa shape index (κ2) is 5.18. The average Bonchev–Trinajstić information content (AvgIpc) is 2.70. The number of ether oxygens (including phenoxy) is 1. The van der Waals surface area contributed by atoms with E-state index in [-0.39, 0.29) is 5.60 Å². The molecule has 2 fully saturated rings. The average molecular weight is 275 g/mol. The van der Waals surface area contributed by atoms with Crippen LogP contribution in [0.4, 0.5) is 0 Å². The number of hydrogen-bond donors (Lipinski definition) is 0. The summed E-state index contributed by atoms with van der Waals surface area (Å²) in [5.41, 5.74) is 0.173. The lowest BCUT2D eigenvalue weighted by Gasteiger charge is -2.40. The Balaban J connectivity index is 1.93. The third-order valence-corrected chi connectivity index (χ3v) is 5.03. The molecule has 0 aliphatic heterocycles. The molecule has 0 saturated heterocycles. The predicted octanol–water partition coefficient (Wildman–Crippen LogP) is 4.29. The smallest absolute Gasteiger partial charge is 0.0785 e. The number of alkyl halides is 1. The minimum atomic E-state index is 0.173. The highest BCUT2D eigenvalue weighted by Crippen LogP contribution is 2.39. The van der Waals surface area contributed by atoms with E-state index in [2.05, 4.69) is 22.9 Å². The lowest BCUT2D eigenvalue weighted by atomic mass is 9.80. The fourth-order valence-electron chi connectivity index (χ4n) is 3.23. The maximum absolute atomic E-state index is 6.41. The molecule has 2 saturated carbocycles. The van der Waals surface area contributed by atoms with E-state index in [4.69, 9.17) is 4.74 Å². The highest BCUT2D eigenvalue weighted by atomic mass is 79.9. The second-order valence-electron chi connectivity index (χ2n) is 5.54. The summed E-state index contributed by atoms with van der Waals surface area (Å²) in [5, 5.41) is 1.03. The van der Waals surface area contributed by atoms with Gasteiger partial charge < -0.3 is 4.74 Å². The lowest BCUT2D eigenvalue weighted by Crippen LogP contribution is -2.42. The quantitative estimate of drug-likeness (QED) is 0.698. The number of rotatable bonds is 3. The largest absolute Gasteiger partial charge is 0.371 e. The maximum Gasteiger partial charge on any atom is 0.0785 e. The summed E-state index contributed by atoms with van der Waals surface area (Å²) in [7, 11) is 0. The van der Waals surface area contributed by atoms with Gasteiger partial charge in [-0.3, -0.25) is 0 Å². The first-order chi connectivity index (χ1) is 7.24. The Morgan fingerprint density at radius 3 is 2.53 bits per heavy atom. The summed E-state index contributed by atoms with van der Waals surface area (Å²) in [6.07, 6.45) is 11.2. The van der Waals surface area contributed by atoms with Crippen LogP contribution >= 0.6 is 15.9 Å². The molecule has 0 aromatic carbocycles. The summed E-state index contributed by atoms with van der Waals surface area (Å²) < 4.78 is 6.41. The van der Waals surface area contributed by atoms with Crippen LogP contribution in [0, 0.1) is 5.92 Å². The summed E-state index contributed by atoms with van der Waals surface area (Å²) >= 11 is 3.68. The van der Waals surface area contributed by atoms with Crippen molar-refractivity contribution in [2.45, 2.75) is 70.0 Å². The molecule has 1 nitrogen and oxygen atoms in total. The molecule has 88 valence electrons. The zero-order valence-electron chi connectivity index (χ0n) is 9.80. The predicted molar refractivity (Wildman–Crippen MR) is 67.5 cm³/mol. The first kappa shape index (κ1) is 11.9. The van der Waals surface area contributed by atoms with E-state index in [1.165, 1.54) is 51.4 Å². The summed E-state index contributed by atoms with van der Waals surface area (Å²) in [6.45, 7) is 2.37. The molecule has 0 bridgehead atoms. The van der Waals surface area contributed by atoms with Crippen molar-refractivity contribution in [2.24, 2.45) is 5.92 Å². The Morgan fingerprint density at radius 2 is 1.93 bits per heavy atom. The van der Waals surface area contributed by atoms with Crippen molar-refractivity contribution in [1.82, 2.24) is 0 Å². The van der Waals surface area contributed by atoms with Gasteiger partial charge in [0, 0.05) is 5.33 Å². The van der Waals surface area contributed by atoms with Crippen LogP contribution in [0.3, 0.4) is 0 Å². The standard InChI is InChI=1S/C13H23BrO/c1-11-5-4-8-13(9-11,10-14)15-12-6-2-3-7-12/h11-12H,2-10H2,1H3. The van der Waals surface area contributed by atoms with E-state index in [1.807, 2.05) is 0 Å². The van der Waals surface area contributed by atoms with E-state index in [0.717, 1.165) is 11.2 Å². The van der Waals surface area contributed by atoms with Crippen LogP contribution in [-0.2, 0) is 4.74 Å². The van der Waals surface area contributed by atoms with E-state index in [1.54, 1.807) is 0 Å². The monoisotopic (exact) mass is 274 g/mol. The van der Waals surface area contributed by atoms with Gasteiger partial charge in [0.15, 0.2) is 0 Å². The number of halogens is 1. The molecule has 0 radical (unpaired) electrons. The molecule has 2 atom stereocenters. The fraction of sp³-hybridized carbons (Fsp3) is 1.00. The van der Waals surface area contributed by atoms with Crippen LogP contribution < -0.4 is 0 Å². The Labute approximate surface area is 102 Å². The van der Waals surface area contributed by atoms with Gasteiger partial charge in [0.2, 0.25) is 0 Å². The van der Waals surface area contributed by atoms with Gasteiger partial charge in [-0.15, -0.1) is 0 Å². The van der Waals surface area contributed by atoms with E-state index in [0.29, 0.717) is 6.10 Å². The van der Waals surface area contributed by atoms with Crippen molar-refractivity contribution >= 4 is 15.9 Å². The van der Waals surface area contributed by atoms with Crippen molar-refractivity contribution in [3.63, 3.8) is 0 Å². The minimum absolute atomic E-state index is 0.173. The Kier molecular flexibility index (Phi) is 4.11. The first-order valence-electron chi connectivity index (χ1n) is 6.48. The molecule has 2 aliphatic rings. The maximum atomic E-state index is 6.41. The molecular weight excluding hydrogens is 252 g/mol. The van der Waals surface area contributed by atoms with Crippen LogP contribution in [0.2, 0.25) is 0 Å². The molecular formula is C13H23BrO. The SMILES string of the molecule is CC1CCCC(CBr)(OC2CCCC2)C1. The van der Waals surface area contributed by atoms with Gasteiger partial charge in [-0.2, -0.15) is 0 Å². The molecule has 0 amide bonds. The zero-order valence-corrected chi connectivity index (χ0v) is 11.4. The van der Waals surface area contributed by atoms with Gasteiger partial charge in [0.05, 0.1) is 11.7 Å². The second-order valence-corrected chi connectivity index (χ2v) is 6.10. The topological polar surface area (TPSA) is 9.23 Å². The molecule has 2 rings (SSSR count). The van der Waals surface area contributed by atoms with Gasteiger partial charge in [0.25, 0.3) is 0 Å². The Hall–Kier alpha value is 0.440. The van der Waals surface area contributed by atoms with E-state index >= 15 is 0 Å². The molecule has 0 aromatic heterocycles. The fourth-order valence-corrected chi connectivity index (χ4v) is 3.87. The van der Waals surface area contributed by atoms with Gasteiger partial charge in [-0.05, 0) is 31.6 Å². The summed E-state index contributed by atoms with van der Waals surface area (Å²) in [5.74, 6) is 0.845. The van der Waals surface area contributed by atoms with Gasteiger partial charge in [-0.25, -0.2) is 0 Å². The number of hydrogen-bond acceptors (Lipinski definition) is 1. The Bertz CT molecular complexity index is 201. The summed E-state index contributed by atoms with van der Waals surface area (Å²) in [4.78, 5) is 0. The molecule has 2 heteroatoms. The molecule has 15 heavy (non-hydrogen) atoms. The first-order valence-corrected chi connectivity index (χ1v) is 7.60. The van der Waals surface area contributed by atoms with Crippen molar-refractivity contribution < 1.29 is 4.74 Å². The van der Waals surface area contributed by atoms with Crippen molar-refractivity contribution in [3.05, 3.63) is 0 Å². The molecule has 2 aliphatic carbocycles.